The van der Waals surface area contributed by atoms with E-state index in [1.165, 1.54) is 28.1 Å². The quantitative estimate of drug-likeness (QED) is 0.745. The lowest BCUT2D eigenvalue weighted by atomic mass is 9.86. The highest BCUT2D eigenvalue weighted by molar-refractivity contribution is 6.06. The van der Waals surface area contributed by atoms with Crippen molar-refractivity contribution in [1.29, 1.82) is 5.41 Å². The Hall–Kier alpha value is -2.87. The highest BCUT2D eigenvalue weighted by Crippen LogP contribution is 2.45. The molecule has 0 saturated carbocycles. The van der Waals surface area contributed by atoms with Crippen molar-refractivity contribution in [3.63, 3.8) is 0 Å². The van der Waals surface area contributed by atoms with Gasteiger partial charge in [0.25, 0.3) is 0 Å². The summed E-state index contributed by atoms with van der Waals surface area (Å²) in [5.41, 5.74) is 7.84. The minimum absolute atomic E-state index is 0.541. The van der Waals surface area contributed by atoms with Crippen LogP contribution in [0.3, 0.4) is 0 Å². The molecule has 4 rings (SSSR count). The third-order valence-electron chi connectivity index (χ3n) is 4.24. The molecule has 1 aliphatic carbocycles. The zero-order valence-electron chi connectivity index (χ0n) is 12.4. The maximum absolute atomic E-state index is 7.71. The Morgan fingerprint density at radius 2 is 1.23 bits per heavy atom. The molecule has 2 aliphatic rings. The standard InChI is InChI=1S/C20H16N2/c1-22-18-8-4-2-6-16(18)20(14-10-12-15(21)13-11-14)17-7-3-5-9-19(17)22/h2-13,21H,1H3. The molecule has 2 nitrogen and oxygen atoms in total. The lowest BCUT2D eigenvalue weighted by molar-refractivity contribution is 1.17. The van der Waals surface area contributed by atoms with E-state index < -0.39 is 0 Å². The molecule has 0 radical (unpaired) electrons. The Kier molecular flexibility index (Phi) is 2.83. The van der Waals surface area contributed by atoms with E-state index in [0.29, 0.717) is 5.71 Å². The molecule has 0 amide bonds. The van der Waals surface area contributed by atoms with Crippen LogP contribution >= 0.6 is 0 Å². The van der Waals surface area contributed by atoms with E-state index in [9.17, 15) is 0 Å². The number of hydrogen-bond donors (Lipinski definition) is 1. The fraction of sp³-hybridized carbons (Fsp3) is 0.0500. The Labute approximate surface area is 130 Å². The molecule has 0 aromatic heterocycles. The number of hydrogen-bond acceptors (Lipinski definition) is 2. The molecule has 1 N–H and O–H groups in total. The van der Waals surface area contributed by atoms with Gasteiger partial charge in [-0.25, -0.2) is 0 Å². The van der Waals surface area contributed by atoms with Gasteiger partial charge in [0, 0.05) is 35.1 Å². The van der Waals surface area contributed by atoms with Crippen molar-refractivity contribution in [2.75, 3.05) is 11.9 Å². The summed E-state index contributed by atoms with van der Waals surface area (Å²) >= 11 is 0. The van der Waals surface area contributed by atoms with Crippen LogP contribution in [0.4, 0.5) is 11.4 Å². The molecular formula is C20H16N2. The van der Waals surface area contributed by atoms with Gasteiger partial charge in [-0.3, -0.25) is 0 Å². The van der Waals surface area contributed by atoms with E-state index in [-0.39, 0.29) is 0 Å². The SMILES string of the molecule is CN1c2ccccc2C(=C2C=CC(=N)C=C2)c2ccccc21. The maximum atomic E-state index is 7.71. The Morgan fingerprint density at radius 1 is 0.727 bits per heavy atom. The molecule has 2 aromatic rings. The summed E-state index contributed by atoms with van der Waals surface area (Å²) in [6, 6.07) is 17.0. The molecule has 2 heteroatoms. The maximum Gasteiger partial charge on any atom is 0.0540 e. The van der Waals surface area contributed by atoms with Gasteiger partial charge in [-0.2, -0.15) is 0 Å². The largest absolute Gasteiger partial charge is 0.344 e. The van der Waals surface area contributed by atoms with Crippen molar-refractivity contribution in [3.05, 3.63) is 89.5 Å². The van der Waals surface area contributed by atoms with Gasteiger partial charge in [0.2, 0.25) is 0 Å². The first-order chi connectivity index (χ1) is 10.8. The average molecular weight is 284 g/mol. The van der Waals surface area contributed by atoms with Crippen LogP contribution in [0.1, 0.15) is 11.1 Å². The van der Waals surface area contributed by atoms with Crippen LogP contribution in [-0.2, 0) is 0 Å². The number of nitrogens with zero attached hydrogens (tertiary/aromatic N) is 1. The van der Waals surface area contributed by atoms with E-state index in [1.54, 1.807) is 0 Å². The van der Waals surface area contributed by atoms with Gasteiger partial charge >= 0.3 is 0 Å². The third kappa shape index (κ3) is 1.85. The summed E-state index contributed by atoms with van der Waals surface area (Å²) in [6.45, 7) is 0. The van der Waals surface area contributed by atoms with Crippen LogP contribution in [0.2, 0.25) is 0 Å². The lowest BCUT2D eigenvalue weighted by Crippen LogP contribution is -2.18. The molecule has 0 bridgehead atoms. The number of nitrogens with one attached hydrogen (secondary N) is 1. The zero-order valence-corrected chi connectivity index (χ0v) is 12.4. The van der Waals surface area contributed by atoms with Crippen molar-refractivity contribution in [2.24, 2.45) is 0 Å². The van der Waals surface area contributed by atoms with Crippen molar-refractivity contribution >= 4 is 22.7 Å². The molecule has 0 spiro atoms. The minimum Gasteiger partial charge on any atom is -0.344 e. The first-order valence-electron chi connectivity index (χ1n) is 7.37. The second kappa shape index (κ2) is 4.85. The topological polar surface area (TPSA) is 27.1 Å². The molecule has 1 heterocycles. The molecule has 106 valence electrons. The van der Waals surface area contributed by atoms with Crippen molar-refractivity contribution in [1.82, 2.24) is 0 Å². The Balaban J connectivity index is 2.06. The summed E-state index contributed by atoms with van der Waals surface area (Å²) in [4.78, 5) is 2.24. The minimum atomic E-state index is 0.541. The van der Waals surface area contributed by atoms with Crippen LogP contribution in [0.5, 0.6) is 0 Å². The van der Waals surface area contributed by atoms with Gasteiger partial charge < -0.3 is 10.3 Å². The van der Waals surface area contributed by atoms with Gasteiger partial charge in [0.05, 0.1) is 5.71 Å². The van der Waals surface area contributed by atoms with Crippen molar-refractivity contribution in [3.8, 4) is 0 Å². The Bertz CT molecular complexity index is 801. The fourth-order valence-corrected chi connectivity index (χ4v) is 3.18. The summed E-state index contributed by atoms with van der Waals surface area (Å²) in [5, 5.41) is 7.71. The first kappa shape index (κ1) is 12.8. The van der Waals surface area contributed by atoms with Crippen LogP contribution in [0.25, 0.3) is 5.57 Å². The van der Waals surface area contributed by atoms with Crippen LogP contribution in [-0.4, -0.2) is 12.8 Å². The second-order valence-corrected chi connectivity index (χ2v) is 5.55. The highest BCUT2D eigenvalue weighted by atomic mass is 15.1. The van der Waals surface area contributed by atoms with Gasteiger partial charge in [0.1, 0.15) is 0 Å². The van der Waals surface area contributed by atoms with Gasteiger partial charge in [-0.15, -0.1) is 0 Å². The van der Waals surface area contributed by atoms with Crippen molar-refractivity contribution in [2.45, 2.75) is 0 Å². The normalized spacial score (nSPS) is 15.9. The summed E-state index contributed by atoms with van der Waals surface area (Å²) in [5.74, 6) is 0. The molecule has 2 aromatic carbocycles. The zero-order chi connectivity index (χ0) is 15.1. The number of rotatable bonds is 0. The molecule has 0 saturated heterocycles. The smallest absolute Gasteiger partial charge is 0.0540 e. The third-order valence-corrected chi connectivity index (χ3v) is 4.24. The lowest BCUT2D eigenvalue weighted by Gasteiger charge is -2.32. The molecule has 0 fully saturated rings. The van der Waals surface area contributed by atoms with Gasteiger partial charge in [0.15, 0.2) is 0 Å². The molecular weight excluding hydrogens is 268 g/mol. The predicted octanol–water partition coefficient (Wildman–Crippen LogP) is 4.72. The number of fused-ring (bicyclic) bond motifs is 2. The highest BCUT2D eigenvalue weighted by Gasteiger charge is 2.25. The van der Waals surface area contributed by atoms with E-state index >= 15 is 0 Å². The van der Waals surface area contributed by atoms with Crippen molar-refractivity contribution < 1.29 is 0 Å². The summed E-state index contributed by atoms with van der Waals surface area (Å²) in [6.07, 6.45) is 7.78. The average Bonchev–Trinajstić information content (AvgIpc) is 2.57. The van der Waals surface area contributed by atoms with E-state index in [4.69, 9.17) is 5.41 Å². The number of allylic oxidation sites excluding steroid dienone is 5. The Morgan fingerprint density at radius 3 is 1.77 bits per heavy atom. The molecule has 22 heavy (non-hydrogen) atoms. The fourth-order valence-electron chi connectivity index (χ4n) is 3.18. The summed E-state index contributed by atoms with van der Waals surface area (Å²) in [7, 11) is 2.11. The second-order valence-electron chi connectivity index (χ2n) is 5.55. The first-order valence-corrected chi connectivity index (χ1v) is 7.37. The van der Waals surface area contributed by atoms with Gasteiger partial charge in [-0.1, -0.05) is 48.6 Å². The van der Waals surface area contributed by atoms with E-state index in [2.05, 4.69) is 60.5 Å². The monoisotopic (exact) mass is 284 g/mol. The van der Waals surface area contributed by atoms with Crippen LogP contribution < -0.4 is 4.90 Å². The molecule has 0 unspecified atom stereocenters. The van der Waals surface area contributed by atoms with Crippen LogP contribution in [0, 0.1) is 5.41 Å². The van der Waals surface area contributed by atoms with Gasteiger partial charge in [-0.05, 0) is 29.9 Å². The summed E-state index contributed by atoms with van der Waals surface area (Å²) < 4.78 is 0. The van der Waals surface area contributed by atoms with E-state index in [1.807, 2.05) is 24.3 Å². The van der Waals surface area contributed by atoms with Crippen LogP contribution in [0.15, 0.2) is 78.4 Å². The predicted molar refractivity (Wildman–Crippen MR) is 93.0 cm³/mol. The molecule has 1 aliphatic heterocycles. The number of anilines is 2. The number of para-hydroxylation sites is 2. The molecule has 0 atom stereocenters. The number of benzene rings is 2. The van der Waals surface area contributed by atoms with E-state index in [0.717, 1.165) is 5.57 Å².